The molecule has 1 aromatic rings. The van der Waals surface area contributed by atoms with E-state index < -0.39 is 11.7 Å². The number of aliphatic hydroxyl groups excluding tert-OH is 1. The number of quaternary nitrogens is 1. The lowest BCUT2D eigenvalue weighted by Gasteiger charge is -2.44. The Balaban J connectivity index is 2.32. The number of likely N-dealkylation sites (tertiary alicyclic amines) is 1. The summed E-state index contributed by atoms with van der Waals surface area (Å²) in [6.45, 7) is 4.14. The first-order valence-electron chi connectivity index (χ1n) is 6.23. The zero-order chi connectivity index (χ0) is 12.3. The van der Waals surface area contributed by atoms with Gasteiger partial charge < -0.3 is 14.7 Å². The predicted molar refractivity (Wildman–Crippen MR) is 66.4 cm³/mol. The Bertz CT molecular complexity index is 354. The van der Waals surface area contributed by atoms with E-state index in [2.05, 4.69) is 7.05 Å². The van der Waals surface area contributed by atoms with Crippen LogP contribution in [0.2, 0.25) is 0 Å². The molecule has 1 aliphatic heterocycles. The Morgan fingerprint density at radius 1 is 1.47 bits per heavy atom. The SMILES string of the molecule is [CH2-][NH+]1CCC(OCC)(c2ccccc2)C(O)C1. The van der Waals surface area contributed by atoms with Crippen molar-refractivity contribution >= 4 is 0 Å². The molecule has 94 valence electrons. The number of piperidine rings is 1. The topological polar surface area (TPSA) is 33.9 Å². The molecule has 0 radical (unpaired) electrons. The smallest absolute Gasteiger partial charge is 0.134 e. The van der Waals surface area contributed by atoms with Gasteiger partial charge in [0.1, 0.15) is 11.7 Å². The van der Waals surface area contributed by atoms with Crippen LogP contribution in [0.25, 0.3) is 0 Å². The van der Waals surface area contributed by atoms with Crippen molar-refractivity contribution in [2.24, 2.45) is 0 Å². The van der Waals surface area contributed by atoms with Crippen molar-refractivity contribution in [1.82, 2.24) is 0 Å². The predicted octanol–water partition coefficient (Wildman–Crippen LogP) is 0.359. The number of rotatable bonds is 3. The minimum atomic E-state index is -0.544. The lowest BCUT2D eigenvalue weighted by atomic mass is 9.82. The third-order valence-corrected chi connectivity index (χ3v) is 3.53. The van der Waals surface area contributed by atoms with Gasteiger partial charge >= 0.3 is 0 Å². The summed E-state index contributed by atoms with van der Waals surface area (Å²) in [6, 6.07) is 10.0. The second kappa shape index (κ2) is 5.17. The first-order chi connectivity index (χ1) is 8.19. The molecule has 1 fully saturated rings. The van der Waals surface area contributed by atoms with Crippen molar-refractivity contribution in [2.45, 2.75) is 25.0 Å². The van der Waals surface area contributed by atoms with Crippen molar-refractivity contribution in [3.05, 3.63) is 42.9 Å². The quantitative estimate of drug-likeness (QED) is 0.742. The van der Waals surface area contributed by atoms with Gasteiger partial charge in [-0.25, -0.2) is 0 Å². The van der Waals surface area contributed by atoms with E-state index in [1.807, 2.05) is 37.3 Å². The molecule has 0 amide bonds. The van der Waals surface area contributed by atoms with E-state index in [1.165, 1.54) is 0 Å². The van der Waals surface area contributed by atoms with Crippen LogP contribution >= 0.6 is 0 Å². The third kappa shape index (κ3) is 2.37. The maximum absolute atomic E-state index is 10.4. The fraction of sp³-hybridized carbons (Fsp3) is 0.500. The molecule has 1 saturated heterocycles. The van der Waals surface area contributed by atoms with E-state index in [4.69, 9.17) is 4.74 Å². The highest BCUT2D eigenvalue weighted by atomic mass is 16.5. The third-order valence-electron chi connectivity index (χ3n) is 3.53. The molecule has 3 heteroatoms. The minimum absolute atomic E-state index is 0.494. The van der Waals surface area contributed by atoms with Gasteiger partial charge in [-0.2, -0.15) is 7.05 Å². The molecule has 17 heavy (non-hydrogen) atoms. The van der Waals surface area contributed by atoms with Gasteiger partial charge in [0.15, 0.2) is 0 Å². The van der Waals surface area contributed by atoms with Gasteiger partial charge in [-0.05, 0) is 12.5 Å². The monoisotopic (exact) mass is 235 g/mol. The van der Waals surface area contributed by atoms with Gasteiger partial charge in [0, 0.05) is 13.0 Å². The molecular weight excluding hydrogens is 214 g/mol. The summed E-state index contributed by atoms with van der Waals surface area (Å²) in [6.07, 6.45) is 0.316. The molecule has 2 N–H and O–H groups in total. The Morgan fingerprint density at radius 3 is 2.76 bits per heavy atom. The summed E-state index contributed by atoms with van der Waals surface area (Å²) < 4.78 is 5.93. The van der Waals surface area contributed by atoms with E-state index in [0.717, 1.165) is 23.4 Å². The molecule has 2 rings (SSSR count). The average molecular weight is 235 g/mol. The number of aliphatic hydroxyl groups is 1. The minimum Gasteiger partial charge on any atom is -0.465 e. The van der Waals surface area contributed by atoms with E-state index in [1.54, 1.807) is 0 Å². The summed E-state index contributed by atoms with van der Waals surface area (Å²) in [4.78, 5) is 1.11. The maximum atomic E-state index is 10.4. The molecule has 0 saturated carbocycles. The van der Waals surface area contributed by atoms with Crippen LogP contribution in [-0.2, 0) is 10.3 Å². The molecule has 3 nitrogen and oxygen atoms in total. The van der Waals surface area contributed by atoms with Gasteiger partial charge in [-0.15, -0.1) is 0 Å². The number of hydrogen-bond donors (Lipinski definition) is 2. The van der Waals surface area contributed by atoms with Gasteiger partial charge in [0.25, 0.3) is 0 Å². The summed E-state index contributed by atoms with van der Waals surface area (Å²) in [5.74, 6) is 0. The van der Waals surface area contributed by atoms with Gasteiger partial charge in [0.2, 0.25) is 0 Å². The van der Waals surface area contributed by atoms with Gasteiger partial charge in [-0.1, -0.05) is 30.3 Å². The molecule has 1 aliphatic rings. The number of benzene rings is 1. The summed E-state index contributed by atoms with van der Waals surface area (Å²) >= 11 is 0. The Labute approximate surface area is 103 Å². The molecular formula is C14H21NO2. The average Bonchev–Trinajstić information content (AvgIpc) is 2.34. The van der Waals surface area contributed by atoms with Crippen molar-refractivity contribution in [3.8, 4) is 0 Å². The van der Waals surface area contributed by atoms with Crippen molar-refractivity contribution in [3.63, 3.8) is 0 Å². The second-order valence-corrected chi connectivity index (χ2v) is 4.66. The molecule has 3 atom stereocenters. The first-order valence-corrected chi connectivity index (χ1v) is 6.23. The largest absolute Gasteiger partial charge is 0.465 e. The van der Waals surface area contributed by atoms with Crippen LogP contribution in [0.4, 0.5) is 0 Å². The van der Waals surface area contributed by atoms with Crippen LogP contribution in [0, 0.1) is 7.05 Å². The Hall–Kier alpha value is -0.900. The molecule has 0 bridgehead atoms. The number of ether oxygens (including phenoxy) is 1. The van der Waals surface area contributed by atoms with Crippen LogP contribution in [-0.4, -0.2) is 30.9 Å². The summed E-state index contributed by atoms with van der Waals surface area (Å²) in [7, 11) is 3.97. The lowest BCUT2D eigenvalue weighted by Crippen LogP contribution is -3.10. The molecule has 3 unspecified atom stereocenters. The van der Waals surface area contributed by atoms with Crippen LogP contribution in [0.15, 0.2) is 30.3 Å². The van der Waals surface area contributed by atoms with E-state index in [9.17, 15) is 5.11 Å². The lowest BCUT2D eigenvalue weighted by molar-refractivity contribution is -0.867. The molecule has 0 aliphatic carbocycles. The zero-order valence-electron chi connectivity index (χ0n) is 10.4. The highest BCUT2D eigenvalue weighted by Crippen LogP contribution is 2.34. The molecule has 0 spiro atoms. The molecule has 1 aromatic carbocycles. The van der Waals surface area contributed by atoms with Crippen molar-refractivity contribution < 1.29 is 14.7 Å². The highest BCUT2D eigenvalue weighted by molar-refractivity contribution is 5.24. The fourth-order valence-corrected chi connectivity index (χ4v) is 2.64. The maximum Gasteiger partial charge on any atom is 0.134 e. The van der Waals surface area contributed by atoms with E-state index in [-0.39, 0.29) is 0 Å². The summed E-state index contributed by atoms with van der Waals surface area (Å²) in [5.41, 5.74) is 0.527. The number of nitrogens with one attached hydrogen (secondary N) is 1. The van der Waals surface area contributed by atoms with E-state index in [0.29, 0.717) is 13.2 Å². The zero-order valence-corrected chi connectivity index (χ0v) is 10.4. The van der Waals surface area contributed by atoms with Crippen LogP contribution in [0.3, 0.4) is 0 Å². The van der Waals surface area contributed by atoms with Crippen LogP contribution in [0.5, 0.6) is 0 Å². The van der Waals surface area contributed by atoms with Gasteiger partial charge in [-0.3, -0.25) is 0 Å². The highest BCUT2D eigenvalue weighted by Gasteiger charge is 2.44. The normalized spacial score (nSPS) is 33.6. The second-order valence-electron chi connectivity index (χ2n) is 4.66. The van der Waals surface area contributed by atoms with Crippen molar-refractivity contribution in [2.75, 3.05) is 19.7 Å². The first kappa shape index (κ1) is 12.6. The van der Waals surface area contributed by atoms with Crippen molar-refractivity contribution in [1.29, 1.82) is 0 Å². The summed E-state index contributed by atoms with van der Waals surface area (Å²) in [5, 5.41) is 10.4. The molecule has 1 heterocycles. The molecule has 0 aromatic heterocycles. The fourth-order valence-electron chi connectivity index (χ4n) is 2.64. The van der Waals surface area contributed by atoms with Crippen LogP contribution in [0.1, 0.15) is 18.9 Å². The number of hydrogen-bond acceptors (Lipinski definition) is 2. The standard InChI is InChI=1S/C14H21NO2/c1-3-17-14(12-7-5-4-6-8-12)9-10-15(2)11-13(14)16/h4-8,13,15-16H,2-3,9-11H2,1H3. The van der Waals surface area contributed by atoms with E-state index >= 15 is 0 Å². The van der Waals surface area contributed by atoms with Gasteiger partial charge in [0.05, 0.1) is 13.1 Å². The van der Waals surface area contributed by atoms with Crippen LogP contribution < -0.4 is 4.90 Å². The Kier molecular flexibility index (Phi) is 3.82. The Morgan fingerprint density at radius 2 is 2.18 bits per heavy atom.